The number of hydrogen-bond acceptors (Lipinski definition) is 7. The van der Waals surface area contributed by atoms with Crippen molar-refractivity contribution in [2.45, 2.75) is 96.8 Å². The summed E-state index contributed by atoms with van der Waals surface area (Å²) in [6.07, 6.45) is 5.39. The Bertz CT molecular complexity index is 1480. The summed E-state index contributed by atoms with van der Waals surface area (Å²) in [5.74, 6) is 0.507. The standard InChI is InChI=1S/C31H44N6O2SSi/c1-10-12-27(36-40(38)30(2,3)4)26-14-11-13-25(35-26)22-15-16-23-20-33-37(28(23)19-22)29-32-18-17-24(34-29)21-39-41(8,9)31(5,6)7/h11,13-20,27,36H,10,12,21H2,1-9H3/t27-,40?/m0/s1. The highest BCUT2D eigenvalue weighted by atomic mass is 32.2. The monoisotopic (exact) mass is 592 g/mol. The number of pyridine rings is 1. The average molecular weight is 593 g/mol. The number of nitrogens with zero attached hydrogens (tertiary/aromatic N) is 5. The molecule has 10 heteroatoms. The number of aromatic nitrogens is 5. The Labute approximate surface area is 248 Å². The van der Waals surface area contributed by atoms with Crippen LogP contribution in [0.15, 0.2) is 54.9 Å². The predicted octanol–water partition coefficient (Wildman–Crippen LogP) is 7.29. The third-order valence-corrected chi connectivity index (χ3v) is 13.7. The van der Waals surface area contributed by atoms with Gasteiger partial charge in [-0.25, -0.2) is 9.97 Å². The number of fused-ring (bicyclic) bond motifs is 1. The van der Waals surface area contributed by atoms with Crippen LogP contribution in [0.1, 0.15) is 78.7 Å². The topological polar surface area (TPSA) is 101 Å². The molecule has 0 spiro atoms. The van der Waals surface area contributed by atoms with Crippen LogP contribution in [0, 0.1) is 0 Å². The van der Waals surface area contributed by atoms with Crippen molar-refractivity contribution in [1.82, 2.24) is 29.5 Å². The van der Waals surface area contributed by atoms with Crippen LogP contribution in [0.3, 0.4) is 0 Å². The molecule has 0 aliphatic heterocycles. The molecule has 0 bridgehead atoms. The molecular weight excluding hydrogens is 549 g/mol. The van der Waals surface area contributed by atoms with Crippen molar-refractivity contribution < 1.29 is 8.98 Å². The van der Waals surface area contributed by atoms with E-state index in [1.165, 1.54) is 0 Å². The molecule has 220 valence electrons. The van der Waals surface area contributed by atoms with Crippen molar-refractivity contribution in [3.8, 4) is 17.2 Å². The zero-order valence-electron chi connectivity index (χ0n) is 25.9. The molecule has 0 saturated carbocycles. The molecule has 0 amide bonds. The molecule has 0 saturated heterocycles. The van der Waals surface area contributed by atoms with Crippen LogP contribution in [0.5, 0.6) is 0 Å². The minimum Gasteiger partial charge on any atom is -0.598 e. The fourth-order valence-corrected chi connectivity index (χ4v) is 5.84. The van der Waals surface area contributed by atoms with Gasteiger partial charge in [-0.3, -0.25) is 4.98 Å². The minimum atomic E-state index is -1.91. The van der Waals surface area contributed by atoms with Crippen LogP contribution in [0.2, 0.25) is 18.1 Å². The summed E-state index contributed by atoms with van der Waals surface area (Å²) in [5, 5.41) is 5.72. The molecule has 1 N–H and O–H groups in total. The summed E-state index contributed by atoms with van der Waals surface area (Å²) in [7, 11) is -1.91. The second kappa shape index (κ2) is 12.3. The van der Waals surface area contributed by atoms with Gasteiger partial charge in [-0.2, -0.15) is 9.78 Å². The van der Waals surface area contributed by atoms with Crippen LogP contribution in [-0.4, -0.2) is 42.3 Å². The highest BCUT2D eigenvalue weighted by molar-refractivity contribution is 7.90. The third kappa shape index (κ3) is 7.42. The molecule has 3 aromatic heterocycles. The lowest BCUT2D eigenvalue weighted by molar-refractivity contribution is 0.271. The molecule has 0 radical (unpaired) electrons. The first-order valence-electron chi connectivity index (χ1n) is 14.3. The zero-order chi connectivity index (χ0) is 30.0. The molecule has 3 heterocycles. The van der Waals surface area contributed by atoms with E-state index in [1.807, 2.05) is 57.3 Å². The summed E-state index contributed by atoms with van der Waals surface area (Å²) in [5.41, 5.74) is 4.42. The fourth-order valence-electron chi connectivity index (χ4n) is 4.04. The van der Waals surface area contributed by atoms with Gasteiger partial charge in [-0.15, -0.1) is 4.72 Å². The molecule has 0 fully saturated rings. The van der Waals surface area contributed by atoms with Gasteiger partial charge in [0.1, 0.15) is 4.75 Å². The summed E-state index contributed by atoms with van der Waals surface area (Å²) < 4.78 is 24.0. The second-order valence-electron chi connectivity index (χ2n) is 13.0. The van der Waals surface area contributed by atoms with E-state index in [0.29, 0.717) is 12.6 Å². The quantitative estimate of drug-likeness (QED) is 0.152. The Balaban J connectivity index is 1.63. The molecule has 4 rings (SSSR count). The molecule has 41 heavy (non-hydrogen) atoms. The maximum atomic E-state index is 12.9. The Morgan fingerprint density at radius 3 is 2.49 bits per heavy atom. The van der Waals surface area contributed by atoms with Crippen LogP contribution >= 0.6 is 0 Å². The Morgan fingerprint density at radius 1 is 1.05 bits per heavy atom. The van der Waals surface area contributed by atoms with Crippen molar-refractivity contribution in [1.29, 1.82) is 0 Å². The van der Waals surface area contributed by atoms with Gasteiger partial charge in [0, 0.05) is 28.5 Å². The van der Waals surface area contributed by atoms with Gasteiger partial charge in [-0.05, 0) is 69.6 Å². The van der Waals surface area contributed by atoms with Crippen molar-refractivity contribution in [2.24, 2.45) is 0 Å². The summed E-state index contributed by atoms with van der Waals surface area (Å²) in [6.45, 7) is 19.7. The molecule has 2 atom stereocenters. The van der Waals surface area contributed by atoms with Gasteiger partial charge < -0.3 is 8.98 Å². The lowest BCUT2D eigenvalue weighted by atomic mass is 10.1. The lowest BCUT2D eigenvalue weighted by Crippen LogP contribution is -2.41. The van der Waals surface area contributed by atoms with Crippen LogP contribution in [0.25, 0.3) is 28.1 Å². The predicted molar refractivity (Wildman–Crippen MR) is 171 cm³/mol. The number of hydrogen-bond donors (Lipinski definition) is 1. The van der Waals surface area contributed by atoms with E-state index >= 15 is 0 Å². The van der Waals surface area contributed by atoms with E-state index < -0.39 is 19.7 Å². The smallest absolute Gasteiger partial charge is 0.251 e. The first-order valence-corrected chi connectivity index (χ1v) is 18.3. The van der Waals surface area contributed by atoms with Crippen molar-refractivity contribution in [3.05, 3.63) is 66.2 Å². The van der Waals surface area contributed by atoms with E-state index in [9.17, 15) is 4.55 Å². The third-order valence-electron chi connectivity index (χ3n) is 7.65. The summed E-state index contributed by atoms with van der Waals surface area (Å²) >= 11 is -1.19. The van der Waals surface area contributed by atoms with Crippen LogP contribution in [-0.2, 0) is 22.4 Å². The van der Waals surface area contributed by atoms with Gasteiger partial charge in [0.05, 0.1) is 41.4 Å². The molecule has 1 unspecified atom stereocenters. The number of rotatable bonds is 10. The second-order valence-corrected chi connectivity index (χ2v) is 19.8. The van der Waals surface area contributed by atoms with Gasteiger partial charge in [0.25, 0.3) is 5.95 Å². The van der Waals surface area contributed by atoms with E-state index in [-0.39, 0.29) is 15.8 Å². The Kier molecular flexibility index (Phi) is 9.40. The zero-order valence-corrected chi connectivity index (χ0v) is 27.7. The number of benzene rings is 1. The molecule has 0 aliphatic carbocycles. The summed E-state index contributed by atoms with van der Waals surface area (Å²) in [6, 6.07) is 14.0. The molecular formula is C31H44N6O2SSi. The van der Waals surface area contributed by atoms with Crippen molar-refractivity contribution >= 4 is 30.6 Å². The normalized spacial score (nSPS) is 14.4. The first-order chi connectivity index (χ1) is 19.2. The maximum absolute atomic E-state index is 12.9. The molecule has 0 aliphatic rings. The van der Waals surface area contributed by atoms with Gasteiger partial charge in [-0.1, -0.05) is 52.3 Å². The lowest BCUT2D eigenvalue weighted by Gasteiger charge is -2.36. The van der Waals surface area contributed by atoms with Crippen molar-refractivity contribution in [2.75, 3.05) is 0 Å². The van der Waals surface area contributed by atoms with Crippen LogP contribution < -0.4 is 4.72 Å². The largest absolute Gasteiger partial charge is 0.598 e. The number of nitrogens with one attached hydrogen (secondary N) is 1. The molecule has 1 aromatic carbocycles. The highest BCUT2D eigenvalue weighted by Gasteiger charge is 2.37. The van der Waals surface area contributed by atoms with Crippen molar-refractivity contribution in [3.63, 3.8) is 0 Å². The van der Waals surface area contributed by atoms with Gasteiger partial charge in [0.15, 0.2) is 8.32 Å². The fraction of sp³-hybridized carbons (Fsp3) is 0.484. The van der Waals surface area contributed by atoms with Gasteiger partial charge in [0.2, 0.25) is 0 Å². The Hall–Kier alpha value is -2.63. The average Bonchev–Trinajstić information content (AvgIpc) is 3.34. The van der Waals surface area contributed by atoms with Crippen LogP contribution in [0.4, 0.5) is 0 Å². The Morgan fingerprint density at radius 2 is 1.80 bits per heavy atom. The molecule has 4 aromatic rings. The highest BCUT2D eigenvalue weighted by Crippen LogP contribution is 2.37. The SMILES string of the molecule is CCC[C@H](N[S+]([O-])C(C)(C)C)c1cccc(-c2ccc3cnn(-c4nccc(CO[Si](C)(C)C(C)(C)C)n4)c3c2)n1. The summed E-state index contributed by atoms with van der Waals surface area (Å²) in [4.78, 5) is 14.3. The molecule has 8 nitrogen and oxygen atoms in total. The maximum Gasteiger partial charge on any atom is 0.251 e. The van der Waals surface area contributed by atoms with E-state index in [4.69, 9.17) is 14.4 Å². The van der Waals surface area contributed by atoms with Gasteiger partial charge >= 0.3 is 0 Å². The first kappa shape index (κ1) is 31.3. The van der Waals surface area contributed by atoms with E-state index in [0.717, 1.165) is 46.4 Å². The minimum absolute atomic E-state index is 0.0982. The van der Waals surface area contributed by atoms with E-state index in [2.05, 4.69) is 67.7 Å². The van der Waals surface area contributed by atoms with E-state index in [1.54, 1.807) is 10.9 Å².